The second-order valence-corrected chi connectivity index (χ2v) is 24.2. The number of hydrogen-bond donors (Lipinski definition) is 12. The predicted molar refractivity (Wildman–Crippen MR) is 341 cm³/mol. The first-order valence-electron chi connectivity index (χ1n) is 34.2. The molecule has 0 aliphatic carbocycles. The molecule has 0 radical (unpaired) electrons. The highest BCUT2D eigenvalue weighted by Gasteiger charge is 2.53. The van der Waals surface area contributed by atoms with E-state index in [1.807, 2.05) is 6.08 Å². The van der Waals surface area contributed by atoms with E-state index in [1.165, 1.54) is 135 Å². The Morgan fingerprint density at radius 3 is 1.27 bits per heavy atom. The highest BCUT2D eigenvalue weighted by molar-refractivity contribution is 5.76. The van der Waals surface area contributed by atoms with Crippen LogP contribution in [0.1, 0.15) is 226 Å². The highest BCUT2D eigenvalue weighted by Crippen LogP contribution is 2.33. The molecule has 0 bridgehead atoms. The maximum absolute atomic E-state index is 13.3. The number of allylic oxidation sites excluding steroid dienone is 11. The molecule has 0 aromatic carbocycles. The Morgan fingerprint density at radius 2 is 0.795 bits per heavy atom. The first kappa shape index (κ1) is 79.5. The molecule has 12 N–H and O–H groups in total. The summed E-state index contributed by atoms with van der Waals surface area (Å²) in [7, 11) is 0. The molecule has 88 heavy (non-hydrogen) atoms. The van der Waals surface area contributed by atoms with Gasteiger partial charge in [0.15, 0.2) is 18.9 Å². The van der Waals surface area contributed by atoms with Gasteiger partial charge in [-0.3, -0.25) is 4.79 Å². The van der Waals surface area contributed by atoms with E-state index in [1.54, 1.807) is 6.08 Å². The van der Waals surface area contributed by atoms with Crippen LogP contribution in [-0.4, -0.2) is 193 Å². The number of carbonyl (C=O) groups excluding carboxylic acids is 1. The summed E-state index contributed by atoms with van der Waals surface area (Å²) in [5, 5.41) is 120. The van der Waals surface area contributed by atoms with E-state index >= 15 is 0 Å². The Kier molecular flexibility index (Phi) is 45.8. The molecule has 19 heteroatoms. The topological polar surface area (TPSA) is 307 Å². The van der Waals surface area contributed by atoms with Crippen molar-refractivity contribution in [2.24, 2.45) is 0 Å². The van der Waals surface area contributed by atoms with E-state index in [4.69, 9.17) is 28.4 Å². The number of amides is 1. The molecule has 0 spiro atoms. The van der Waals surface area contributed by atoms with Crippen molar-refractivity contribution in [2.45, 2.75) is 330 Å². The minimum atomic E-state index is -1.99. The largest absolute Gasteiger partial charge is 0.394 e. The van der Waals surface area contributed by atoms with Gasteiger partial charge in [-0.05, 0) is 70.6 Å². The lowest BCUT2D eigenvalue weighted by molar-refractivity contribution is -0.379. The Hall–Kier alpha value is -2.77. The lowest BCUT2D eigenvalue weighted by atomic mass is 9.96. The maximum Gasteiger partial charge on any atom is 0.220 e. The quantitative estimate of drug-likeness (QED) is 0.0200. The second kappa shape index (κ2) is 50.7. The molecule has 19 nitrogen and oxygen atoms in total. The lowest BCUT2D eigenvalue weighted by Crippen LogP contribution is -2.66. The number of nitrogens with one attached hydrogen (secondary N) is 1. The molecule has 0 aromatic rings. The molecule has 3 rings (SSSR count). The van der Waals surface area contributed by atoms with Crippen LogP contribution in [0.2, 0.25) is 0 Å². The molecule has 1 amide bonds. The summed E-state index contributed by atoms with van der Waals surface area (Å²) in [5.41, 5.74) is 0. The van der Waals surface area contributed by atoms with Crippen LogP contribution < -0.4 is 5.32 Å². The van der Waals surface area contributed by atoms with Crippen molar-refractivity contribution in [3.63, 3.8) is 0 Å². The molecule has 3 saturated heterocycles. The van der Waals surface area contributed by atoms with Gasteiger partial charge in [0.2, 0.25) is 5.91 Å². The van der Waals surface area contributed by atoms with E-state index in [-0.39, 0.29) is 18.9 Å². The molecule has 0 aromatic heterocycles. The number of ether oxygens (including phenoxy) is 6. The first-order chi connectivity index (χ1) is 42.8. The summed E-state index contributed by atoms with van der Waals surface area (Å²) in [6, 6.07) is -1.02. The molecule has 3 fully saturated rings. The van der Waals surface area contributed by atoms with Crippen molar-refractivity contribution in [1.29, 1.82) is 0 Å². The van der Waals surface area contributed by atoms with Crippen molar-refractivity contribution in [3.8, 4) is 0 Å². The molecular formula is C69H121NO18. The van der Waals surface area contributed by atoms with Crippen LogP contribution in [0.4, 0.5) is 0 Å². The van der Waals surface area contributed by atoms with Crippen molar-refractivity contribution >= 4 is 5.91 Å². The predicted octanol–water partition coefficient (Wildman–Crippen LogP) is 8.55. The van der Waals surface area contributed by atoms with Crippen LogP contribution in [0.25, 0.3) is 0 Å². The number of hydrogen-bond acceptors (Lipinski definition) is 18. The Morgan fingerprint density at radius 1 is 0.420 bits per heavy atom. The standard InChI is InChI=1S/C69H121NO18/c1-3-5-7-9-11-13-15-17-19-20-21-22-23-24-25-26-27-28-29-30-31-33-34-36-38-40-42-44-46-53(74)52(70-57(75)47-45-43-41-39-37-35-32-18-16-14-12-10-8-6-4-2)51-83-67-63(81)60(78)65(55(49-72)85-67)88-69-64(82)61(79)66(56(50-73)86-69)87-68-62(80)59(77)58(76)54(48-71)84-68/h6,8,12,14,18,32,36-39,44,46,52-56,58-69,71-74,76-82H,3-5,7,9-11,13,15-17,19-31,33-35,40-43,45,47-51H2,1-2H3,(H,70,75)/b8-6-,14-12-,32-18-,38-36+,39-37-,46-44+. The number of carbonyl (C=O) groups is 1. The zero-order valence-electron chi connectivity index (χ0n) is 53.7. The molecule has 17 unspecified atom stereocenters. The summed E-state index contributed by atoms with van der Waals surface area (Å²) in [4.78, 5) is 13.3. The molecule has 3 heterocycles. The summed E-state index contributed by atoms with van der Waals surface area (Å²) in [5.74, 6) is -0.327. The normalized spacial score (nSPS) is 28.9. The fourth-order valence-corrected chi connectivity index (χ4v) is 11.2. The van der Waals surface area contributed by atoms with E-state index < -0.39 is 124 Å². The molecule has 3 aliphatic rings. The summed E-state index contributed by atoms with van der Waals surface area (Å²) in [6.07, 6.45) is 36.2. The van der Waals surface area contributed by atoms with Crippen molar-refractivity contribution < 1.29 is 89.4 Å². The average Bonchev–Trinajstić information content (AvgIpc) is 3.59. The molecule has 510 valence electrons. The number of unbranched alkanes of at least 4 members (excludes halogenated alkanes) is 25. The number of aliphatic hydroxyl groups is 11. The summed E-state index contributed by atoms with van der Waals surface area (Å²) in [6.45, 7) is 1.56. The van der Waals surface area contributed by atoms with Gasteiger partial charge >= 0.3 is 0 Å². The van der Waals surface area contributed by atoms with Gasteiger partial charge in [0.25, 0.3) is 0 Å². The van der Waals surface area contributed by atoms with Crippen LogP contribution in [0.15, 0.2) is 72.9 Å². The minimum Gasteiger partial charge on any atom is -0.394 e. The fourth-order valence-electron chi connectivity index (χ4n) is 11.2. The lowest BCUT2D eigenvalue weighted by Gasteiger charge is -2.48. The van der Waals surface area contributed by atoms with Crippen LogP contribution >= 0.6 is 0 Å². The van der Waals surface area contributed by atoms with E-state index in [2.05, 4.69) is 79.9 Å². The van der Waals surface area contributed by atoms with E-state index in [0.29, 0.717) is 12.8 Å². The smallest absolute Gasteiger partial charge is 0.220 e. The van der Waals surface area contributed by atoms with Gasteiger partial charge in [-0.15, -0.1) is 0 Å². The van der Waals surface area contributed by atoms with Crippen LogP contribution in [0, 0.1) is 0 Å². The highest BCUT2D eigenvalue weighted by atomic mass is 16.8. The zero-order chi connectivity index (χ0) is 64.0. The fraction of sp³-hybridized carbons (Fsp3) is 0.812. The summed E-state index contributed by atoms with van der Waals surface area (Å²) < 4.78 is 34.3. The third-order valence-electron chi connectivity index (χ3n) is 16.7. The zero-order valence-corrected chi connectivity index (χ0v) is 53.7. The minimum absolute atomic E-state index is 0.180. The first-order valence-corrected chi connectivity index (χ1v) is 34.2. The molecular weight excluding hydrogens is 1130 g/mol. The Bertz CT molecular complexity index is 1880. The van der Waals surface area contributed by atoms with E-state index in [0.717, 1.165) is 57.8 Å². The molecule has 0 saturated carbocycles. The van der Waals surface area contributed by atoms with Gasteiger partial charge in [0.1, 0.15) is 73.2 Å². The van der Waals surface area contributed by atoms with Gasteiger partial charge in [0, 0.05) is 6.42 Å². The van der Waals surface area contributed by atoms with Gasteiger partial charge in [-0.2, -0.15) is 0 Å². The summed E-state index contributed by atoms with van der Waals surface area (Å²) >= 11 is 0. The Balaban J connectivity index is 1.44. The maximum atomic E-state index is 13.3. The third-order valence-corrected chi connectivity index (χ3v) is 16.7. The number of aliphatic hydroxyl groups excluding tert-OH is 11. The number of rotatable bonds is 51. The van der Waals surface area contributed by atoms with Crippen LogP contribution in [-0.2, 0) is 33.2 Å². The Labute approximate surface area is 528 Å². The third kappa shape index (κ3) is 32.7. The van der Waals surface area contributed by atoms with E-state index in [9.17, 15) is 61.0 Å². The van der Waals surface area contributed by atoms with Gasteiger partial charge in [-0.25, -0.2) is 0 Å². The van der Waals surface area contributed by atoms with Gasteiger partial charge in [0.05, 0.1) is 38.6 Å². The van der Waals surface area contributed by atoms with Crippen LogP contribution in [0.5, 0.6) is 0 Å². The van der Waals surface area contributed by atoms with Crippen molar-refractivity contribution in [3.05, 3.63) is 72.9 Å². The second-order valence-electron chi connectivity index (χ2n) is 24.2. The van der Waals surface area contributed by atoms with Gasteiger partial charge < -0.3 is 89.9 Å². The monoisotopic (exact) mass is 1250 g/mol. The molecule has 3 aliphatic heterocycles. The van der Waals surface area contributed by atoms with Crippen molar-refractivity contribution in [1.82, 2.24) is 5.32 Å². The average molecular weight is 1250 g/mol. The van der Waals surface area contributed by atoms with Crippen LogP contribution in [0.3, 0.4) is 0 Å². The van der Waals surface area contributed by atoms with Crippen molar-refractivity contribution in [2.75, 3.05) is 26.4 Å². The SMILES string of the molecule is CC/C=C\C/C=C\C/C=C\C/C=C\CCCCC(=O)NC(COC1OC(CO)C(OC2OC(CO)C(OC3OC(CO)C(O)C(O)C3O)C(O)C2O)C(O)C1O)C(O)/C=C/CC/C=C/CCCCCCCCCCCCCCCCCCCCCCCC. The molecule has 17 atom stereocenters. The van der Waals surface area contributed by atoms with Gasteiger partial charge in [-0.1, -0.05) is 222 Å².